The van der Waals surface area contributed by atoms with E-state index >= 15 is 0 Å². The van der Waals surface area contributed by atoms with Crippen LogP contribution in [-0.2, 0) is 0 Å². The molecule has 4 aromatic heterocycles. The van der Waals surface area contributed by atoms with E-state index < -0.39 is 0 Å². The van der Waals surface area contributed by atoms with E-state index in [0.717, 1.165) is 28.0 Å². The molecule has 0 amide bonds. The zero-order valence-corrected chi connectivity index (χ0v) is 16.6. The van der Waals surface area contributed by atoms with Crippen molar-refractivity contribution in [3.05, 3.63) is 60.5 Å². The molecule has 0 radical (unpaired) electrons. The molecule has 144 valence electrons. The van der Waals surface area contributed by atoms with Gasteiger partial charge in [0.15, 0.2) is 11.4 Å². The minimum atomic E-state index is 0.419. The van der Waals surface area contributed by atoms with Crippen LogP contribution in [0.2, 0.25) is 0 Å². The summed E-state index contributed by atoms with van der Waals surface area (Å²) in [6, 6.07) is 12.0. The fourth-order valence-electron chi connectivity index (χ4n) is 3.26. The summed E-state index contributed by atoms with van der Waals surface area (Å²) in [4.78, 5) is 13.4. The summed E-state index contributed by atoms with van der Waals surface area (Å²) in [6.07, 6.45) is 5.76. The second-order valence-electron chi connectivity index (χ2n) is 6.37. The molecule has 5 rings (SSSR count). The summed E-state index contributed by atoms with van der Waals surface area (Å²) < 4.78 is 13.7. The molecule has 0 saturated carbocycles. The van der Waals surface area contributed by atoms with Gasteiger partial charge in [-0.2, -0.15) is 4.98 Å². The lowest BCUT2D eigenvalue weighted by atomic mass is 10.1. The van der Waals surface area contributed by atoms with Crippen molar-refractivity contribution in [3.8, 4) is 22.8 Å². The highest BCUT2D eigenvalue weighted by Gasteiger charge is 2.11. The Morgan fingerprint density at radius 3 is 2.79 bits per heavy atom. The first-order valence-electron chi connectivity index (χ1n) is 8.91. The second kappa shape index (κ2) is 7.06. The van der Waals surface area contributed by atoms with Gasteiger partial charge >= 0.3 is 0 Å². The van der Waals surface area contributed by atoms with Crippen LogP contribution in [0.15, 0.2) is 60.5 Å². The fourth-order valence-corrected chi connectivity index (χ4v) is 3.92. The lowest BCUT2D eigenvalue weighted by Crippen LogP contribution is -2.00. The Bertz CT molecular complexity index is 1330. The van der Waals surface area contributed by atoms with Crippen LogP contribution in [0.25, 0.3) is 27.0 Å². The molecule has 0 unspecified atom stereocenters. The van der Waals surface area contributed by atoms with Crippen molar-refractivity contribution in [1.82, 2.24) is 19.4 Å². The molecule has 7 nitrogen and oxygen atoms in total. The first kappa shape index (κ1) is 17.4. The monoisotopic (exact) mass is 403 g/mol. The highest BCUT2D eigenvalue weighted by atomic mass is 32.1. The summed E-state index contributed by atoms with van der Waals surface area (Å²) in [7, 11) is 3.15. The number of ether oxygens (including phenoxy) is 2. The number of imidazole rings is 1. The molecule has 0 atom stereocenters. The number of hydrogen-bond donors (Lipinski definition) is 1. The van der Waals surface area contributed by atoms with Gasteiger partial charge in [-0.05, 0) is 35.9 Å². The first-order valence-corrected chi connectivity index (χ1v) is 9.79. The number of pyridine rings is 2. The fraction of sp³-hybridized carbons (Fsp3) is 0.0952. The van der Waals surface area contributed by atoms with Crippen molar-refractivity contribution in [2.45, 2.75) is 0 Å². The highest BCUT2D eigenvalue weighted by molar-refractivity contribution is 7.16. The van der Waals surface area contributed by atoms with Crippen LogP contribution in [0.1, 0.15) is 0 Å². The largest absolute Gasteiger partial charge is 0.491 e. The number of nitrogens with zero attached hydrogens (tertiary/aromatic N) is 4. The molecule has 0 aliphatic rings. The molecule has 4 heterocycles. The maximum absolute atomic E-state index is 5.31. The summed E-state index contributed by atoms with van der Waals surface area (Å²) in [6.45, 7) is 0. The van der Waals surface area contributed by atoms with Crippen LogP contribution >= 0.6 is 11.3 Å². The number of benzene rings is 1. The van der Waals surface area contributed by atoms with Crippen LogP contribution in [0.4, 0.5) is 11.5 Å². The number of aromatic nitrogens is 4. The van der Waals surface area contributed by atoms with E-state index in [2.05, 4.69) is 50.7 Å². The maximum atomic E-state index is 5.31. The number of nitrogens with one attached hydrogen (secondary N) is 1. The standard InChI is InChI=1S/C21H17N5O2S/c1-27-17-4-6-19(25-21(17)28-2)24-16-10-14(11-26-8-7-22-20(16)26)13-3-5-18-15(9-13)23-12-29-18/h3-12H,1-2H3,(H,24,25). The Hall–Kier alpha value is -3.65. The van der Waals surface area contributed by atoms with E-state index in [-0.39, 0.29) is 0 Å². The number of methoxy groups -OCH3 is 2. The van der Waals surface area contributed by atoms with Gasteiger partial charge in [-0.3, -0.25) is 0 Å². The Morgan fingerprint density at radius 1 is 1.00 bits per heavy atom. The van der Waals surface area contributed by atoms with Gasteiger partial charge < -0.3 is 19.2 Å². The summed E-state index contributed by atoms with van der Waals surface area (Å²) >= 11 is 1.64. The van der Waals surface area contributed by atoms with Gasteiger partial charge in [0.25, 0.3) is 5.88 Å². The molecular weight excluding hydrogens is 386 g/mol. The number of thiazole rings is 1. The van der Waals surface area contributed by atoms with Crippen LogP contribution in [0.3, 0.4) is 0 Å². The zero-order valence-electron chi connectivity index (χ0n) is 15.8. The lowest BCUT2D eigenvalue weighted by molar-refractivity contribution is 0.343. The van der Waals surface area contributed by atoms with Crippen molar-refractivity contribution in [1.29, 1.82) is 0 Å². The third-order valence-corrected chi connectivity index (χ3v) is 5.46. The quantitative estimate of drug-likeness (QED) is 0.456. The predicted molar refractivity (Wildman–Crippen MR) is 114 cm³/mol. The van der Waals surface area contributed by atoms with E-state index in [1.807, 2.05) is 28.2 Å². The average molecular weight is 403 g/mol. The number of rotatable bonds is 5. The van der Waals surface area contributed by atoms with Gasteiger partial charge in [0.2, 0.25) is 0 Å². The topological polar surface area (TPSA) is 73.6 Å². The predicted octanol–water partition coefficient (Wildman–Crippen LogP) is 4.77. The van der Waals surface area contributed by atoms with E-state index in [1.54, 1.807) is 31.8 Å². The molecule has 0 spiro atoms. The molecule has 8 heteroatoms. The summed E-state index contributed by atoms with van der Waals surface area (Å²) in [5.74, 6) is 1.64. The molecule has 0 aliphatic carbocycles. The lowest BCUT2D eigenvalue weighted by Gasteiger charge is -2.12. The molecule has 1 N–H and O–H groups in total. The maximum Gasteiger partial charge on any atom is 0.258 e. The Kier molecular flexibility index (Phi) is 4.25. The SMILES string of the molecule is COc1ccc(Nc2cc(-c3ccc4scnc4c3)cn3ccnc23)nc1OC. The van der Waals surface area contributed by atoms with Gasteiger partial charge in [-0.1, -0.05) is 6.07 Å². The molecule has 29 heavy (non-hydrogen) atoms. The van der Waals surface area contributed by atoms with E-state index in [4.69, 9.17) is 9.47 Å². The Morgan fingerprint density at radius 2 is 1.93 bits per heavy atom. The van der Waals surface area contributed by atoms with Gasteiger partial charge in [0.05, 0.1) is 35.6 Å². The van der Waals surface area contributed by atoms with Crippen LogP contribution in [0, 0.1) is 0 Å². The second-order valence-corrected chi connectivity index (χ2v) is 7.25. The molecule has 0 fully saturated rings. The zero-order chi connectivity index (χ0) is 19.8. The van der Waals surface area contributed by atoms with Crippen molar-refractivity contribution in [2.24, 2.45) is 0 Å². The number of anilines is 2. The molecule has 1 aromatic carbocycles. The van der Waals surface area contributed by atoms with Crippen LogP contribution < -0.4 is 14.8 Å². The molecule has 0 aliphatic heterocycles. The number of fused-ring (bicyclic) bond motifs is 2. The Balaban J connectivity index is 1.59. The van der Waals surface area contributed by atoms with Crippen LogP contribution in [-0.4, -0.2) is 33.6 Å². The summed E-state index contributed by atoms with van der Waals surface area (Å²) in [5.41, 5.74) is 6.64. The van der Waals surface area contributed by atoms with Gasteiger partial charge in [-0.25, -0.2) is 9.97 Å². The van der Waals surface area contributed by atoms with E-state index in [9.17, 15) is 0 Å². The van der Waals surface area contributed by atoms with Crippen LogP contribution in [0.5, 0.6) is 11.6 Å². The molecule has 0 bridgehead atoms. The normalized spacial score (nSPS) is 11.1. The average Bonchev–Trinajstić information content (AvgIpc) is 3.42. The third-order valence-electron chi connectivity index (χ3n) is 4.65. The van der Waals surface area contributed by atoms with Gasteiger partial charge in [0.1, 0.15) is 5.82 Å². The number of hydrogen-bond acceptors (Lipinski definition) is 7. The highest BCUT2D eigenvalue weighted by Crippen LogP contribution is 2.32. The first-order chi connectivity index (χ1) is 14.2. The van der Waals surface area contributed by atoms with Crippen molar-refractivity contribution < 1.29 is 9.47 Å². The minimum Gasteiger partial charge on any atom is -0.491 e. The Labute approximate surface area is 170 Å². The molecule has 5 aromatic rings. The third kappa shape index (κ3) is 3.13. The minimum absolute atomic E-state index is 0.419. The van der Waals surface area contributed by atoms with E-state index in [0.29, 0.717) is 17.4 Å². The van der Waals surface area contributed by atoms with E-state index in [1.165, 1.54) is 4.70 Å². The summed E-state index contributed by atoms with van der Waals surface area (Å²) in [5, 5.41) is 3.36. The molecular formula is C21H17N5O2S. The molecule has 0 saturated heterocycles. The van der Waals surface area contributed by atoms with Crippen molar-refractivity contribution >= 4 is 38.7 Å². The smallest absolute Gasteiger partial charge is 0.258 e. The van der Waals surface area contributed by atoms with Gasteiger partial charge in [0, 0.05) is 24.2 Å². The van der Waals surface area contributed by atoms with Crippen molar-refractivity contribution in [3.63, 3.8) is 0 Å². The van der Waals surface area contributed by atoms with Gasteiger partial charge in [-0.15, -0.1) is 11.3 Å². The van der Waals surface area contributed by atoms with Crippen molar-refractivity contribution in [2.75, 3.05) is 19.5 Å².